The summed E-state index contributed by atoms with van der Waals surface area (Å²) in [4.78, 5) is 14.4. The minimum Gasteiger partial charge on any atom is -0.339 e. The van der Waals surface area contributed by atoms with Crippen LogP contribution in [0.25, 0.3) is 0 Å². The first kappa shape index (κ1) is 13.6. The van der Waals surface area contributed by atoms with E-state index in [2.05, 4.69) is 17.4 Å². The number of hydrogen-bond acceptors (Lipinski definition) is 2. The van der Waals surface area contributed by atoms with Crippen LogP contribution in [0.3, 0.4) is 0 Å². The van der Waals surface area contributed by atoms with Gasteiger partial charge >= 0.3 is 0 Å². The van der Waals surface area contributed by atoms with Crippen LogP contribution in [-0.2, 0) is 0 Å². The predicted molar refractivity (Wildman–Crippen MR) is 81.0 cm³/mol. The lowest BCUT2D eigenvalue weighted by atomic mass is 9.91. The molecule has 1 atom stereocenters. The summed E-state index contributed by atoms with van der Waals surface area (Å²) in [6, 6.07) is 8.32. The van der Waals surface area contributed by atoms with Crippen molar-refractivity contribution in [3.05, 3.63) is 35.4 Å². The first-order valence-electron chi connectivity index (χ1n) is 7.94. The van der Waals surface area contributed by atoms with Crippen molar-refractivity contribution in [1.29, 1.82) is 0 Å². The molecule has 2 aliphatic heterocycles. The first-order valence-corrected chi connectivity index (χ1v) is 7.94. The van der Waals surface area contributed by atoms with Crippen LogP contribution in [-0.4, -0.2) is 37.0 Å². The maximum absolute atomic E-state index is 12.4. The molecule has 2 saturated heterocycles. The lowest BCUT2D eigenvalue weighted by Gasteiger charge is -2.27. The number of rotatable bonds is 2. The minimum absolute atomic E-state index is 0.206. The average Bonchev–Trinajstić information content (AvgIpc) is 2.56. The number of nitrogens with zero attached hydrogens (tertiary/aromatic N) is 1. The number of likely N-dealkylation sites (tertiary alicyclic amines) is 1. The van der Waals surface area contributed by atoms with Gasteiger partial charge in [0.1, 0.15) is 0 Å². The molecule has 0 aliphatic carbocycles. The Morgan fingerprint density at radius 3 is 2.45 bits per heavy atom. The number of carbonyl (C=O) groups is 1. The molecule has 1 unspecified atom stereocenters. The number of nitrogens with one attached hydrogen (secondary N) is 1. The smallest absolute Gasteiger partial charge is 0.253 e. The summed E-state index contributed by atoms with van der Waals surface area (Å²) in [7, 11) is 0. The van der Waals surface area contributed by atoms with Crippen molar-refractivity contribution in [2.45, 2.75) is 38.0 Å². The largest absolute Gasteiger partial charge is 0.339 e. The van der Waals surface area contributed by atoms with Crippen molar-refractivity contribution in [3.63, 3.8) is 0 Å². The molecular formula is C17H24N2O. The van der Waals surface area contributed by atoms with Crippen LogP contribution in [0.1, 0.15) is 53.9 Å². The summed E-state index contributed by atoms with van der Waals surface area (Å²) in [5.41, 5.74) is 2.21. The fourth-order valence-corrected chi connectivity index (χ4v) is 3.31. The standard InChI is InChI=1S/C17H24N2O/c20-17(19-11-2-1-3-12-19)15-8-6-14(7-9-15)16-5-4-10-18-13-16/h6-9,16,18H,1-5,10-13H2. The predicted octanol–water partition coefficient (Wildman–Crippen LogP) is 2.78. The maximum Gasteiger partial charge on any atom is 0.253 e. The van der Waals surface area contributed by atoms with E-state index in [0.29, 0.717) is 5.92 Å². The van der Waals surface area contributed by atoms with E-state index in [1.165, 1.54) is 24.8 Å². The van der Waals surface area contributed by atoms with Gasteiger partial charge in [-0.2, -0.15) is 0 Å². The molecular weight excluding hydrogens is 248 g/mol. The van der Waals surface area contributed by atoms with Gasteiger partial charge in [-0.25, -0.2) is 0 Å². The van der Waals surface area contributed by atoms with Crippen LogP contribution < -0.4 is 5.32 Å². The zero-order valence-electron chi connectivity index (χ0n) is 12.1. The van der Waals surface area contributed by atoms with E-state index < -0.39 is 0 Å². The van der Waals surface area contributed by atoms with Gasteiger partial charge in [-0.15, -0.1) is 0 Å². The Balaban J connectivity index is 1.67. The van der Waals surface area contributed by atoms with Crippen LogP contribution in [0.4, 0.5) is 0 Å². The molecule has 1 aromatic rings. The van der Waals surface area contributed by atoms with Crippen LogP contribution >= 0.6 is 0 Å². The number of hydrogen-bond donors (Lipinski definition) is 1. The Hall–Kier alpha value is -1.35. The summed E-state index contributed by atoms with van der Waals surface area (Å²) in [5, 5.41) is 3.45. The van der Waals surface area contributed by atoms with Crippen LogP contribution in [0.5, 0.6) is 0 Å². The highest BCUT2D eigenvalue weighted by Crippen LogP contribution is 2.24. The highest BCUT2D eigenvalue weighted by atomic mass is 16.2. The van der Waals surface area contributed by atoms with Gasteiger partial charge in [-0.3, -0.25) is 4.79 Å². The molecule has 0 spiro atoms. The molecule has 1 aromatic carbocycles. The molecule has 3 rings (SSSR count). The number of carbonyl (C=O) groups excluding carboxylic acids is 1. The van der Waals surface area contributed by atoms with Crippen molar-refractivity contribution >= 4 is 5.91 Å². The van der Waals surface area contributed by atoms with Gasteiger partial charge in [0, 0.05) is 25.2 Å². The molecule has 0 bridgehead atoms. The minimum atomic E-state index is 0.206. The Morgan fingerprint density at radius 2 is 1.80 bits per heavy atom. The summed E-state index contributed by atoms with van der Waals surface area (Å²) < 4.78 is 0. The Bertz CT molecular complexity index is 443. The van der Waals surface area contributed by atoms with E-state index in [-0.39, 0.29) is 5.91 Å². The maximum atomic E-state index is 12.4. The highest BCUT2D eigenvalue weighted by Gasteiger charge is 2.19. The lowest BCUT2D eigenvalue weighted by Crippen LogP contribution is -2.35. The van der Waals surface area contributed by atoms with Gasteiger partial charge in [0.15, 0.2) is 0 Å². The molecule has 2 aliphatic rings. The van der Waals surface area contributed by atoms with Gasteiger partial charge in [-0.1, -0.05) is 12.1 Å². The van der Waals surface area contributed by atoms with E-state index in [4.69, 9.17) is 0 Å². The molecule has 0 aromatic heterocycles. The summed E-state index contributed by atoms with van der Waals surface area (Å²) in [5.74, 6) is 0.820. The van der Waals surface area contributed by atoms with Crippen molar-refractivity contribution in [2.75, 3.05) is 26.2 Å². The lowest BCUT2D eigenvalue weighted by molar-refractivity contribution is 0.0724. The third-order valence-corrected chi connectivity index (χ3v) is 4.57. The van der Waals surface area contributed by atoms with Crippen molar-refractivity contribution in [3.8, 4) is 0 Å². The molecule has 1 N–H and O–H groups in total. The second-order valence-electron chi connectivity index (χ2n) is 6.02. The van der Waals surface area contributed by atoms with Gasteiger partial charge in [0.25, 0.3) is 5.91 Å². The first-order chi connectivity index (χ1) is 9.84. The van der Waals surface area contributed by atoms with Gasteiger partial charge in [0.05, 0.1) is 0 Å². The Labute approximate surface area is 121 Å². The van der Waals surface area contributed by atoms with Crippen LogP contribution in [0.2, 0.25) is 0 Å². The van der Waals surface area contributed by atoms with E-state index in [1.807, 2.05) is 17.0 Å². The molecule has 1 amide bonds. The second kappa shape index (κ2) is 6.40. The normalized spacial score (nSPS) is 23.6. The molecule has 0 saturated carbocycles. The summed E-state index contributed by atoms with van der Waals surface area (Å²) in [6.07, 6.45) is 6.07. The third-order valence-electron chi connectivity index (χ3n) is 4.57. The quantitative estimate of drug-likeness (QED) is 0.898. The zero-order valence-corrected chi connectivity index (χ0v) is 12.1. The van der Waals surface area contributed by atoms with E-state index >= 15 is 0 Å². The van der Waals surface area contributed by atoms with E-state index in [0.717, 1.165) is 44.6 Å². The topological polar surface area (TPSA) is 32.3 Å². The van der Waals surface area contributed by atoms with Crippen molar-refractivity contribution in [1.82, 2.24) is 10.2 Å². The zero-order chi connectivity index (χ0) is 13.8. The molecule has 3 heteroatoms. The SMILES string of the molecule is O=C(c1ccc(C2CCCNC2)cc1)N1CCCCC1. The molecule has 2 fully saturated rings. The number of benzene rings is 1. The van der Waals surface area contributed by atoms with Crippen LogP contribution in [0, 0.1) is 0 Å². The second-order valence-corrected chi connectivity index (χ2v) is 6.02. The van der Waals surface area contributed by atoms with Gasteiger partial charge < -0.3 is 10.2 Å². The highest BCUT2D eigenvalue weighted by molar-refractivity contribution is 5.94. The third kappa shape index (κ3) is 3.04. The Kier molecular flexibility index (Phi) is 4.36. The number of piperidine rings is 2. The molecule has 3 nitrogen and oxygen atoms in total. The molecule has 20 heavy (non-hydrogen) atoms. The fourth-order valence-electron chi connectivity index (χ4n) is 3.31. The Morgan fingerprint density at radius 1 is 1.05 bits per heavy atom. The monoisotopic (exact) mass is 272 g/mol. The molecule has 2 heterocycles. The fraction of sp³-hybridized carbons (Fsp3) is 0.588. The molecule has 108 valence electrons. The molecule has 0 radical (unpaired) electrons. The van der Waals surface area contributed by atoms with E-state index in [1.54, 1.807) is 0 Å². The van der Waals surface area contributed by atoms with Gasteiger partial charge in [0.2, 0.25) is 0 Å². The van der Waals surface area contributed by atoms with E-state index in [9.17, 15) is 4.79 Å². The summed E-state index contributed by atoms with van der Waals surface area (Å²) in [6.45, 7) is 4.06. The average molecular weight is 272 g/mol. The van der Waals surface area contributed by atoms with Crippen LogP contribution in [0.15, 0.2) is 24.3 Å². The van der Waals surface area contributed by atoms with Gasteiger partial charge in [-0.05, 0) is 62.3 Å². The van der Waals surface area contributed by atoms with Crippen molar-refractivity contribution in [2.24, 2.45) is 0 Å². The number of amides is 1. The van der Waals surface area contributed by atoms with Crippen molar-refractivity contribution < 1.29 is 4.79 Å². The summed E-state index contributed by atoms with van der Waals surface area (Å²) >= 11 is 0.